The van der Waals surface area contributed by atoms with Crippen LogP contribution in [0, 0.1) is 0 Å². The molecule has 134 valence electrons. The second kappa shape index (κ2) is 8.15. The van der Waals surface area contributed by atoms with Crippen molar-refractivity contribution in [2.75, 3.05) is 26.7 Å². The molecule has 6 heteroatoms. The molecule has 5 nitrogen and oxygen atoms in total. The number of carbonyl (C=O) groups is 1. The van der Waals surface area contributed by atoms with E-state index in [1.807, 2.05) is 42.4 Å². The number of piperidine rings is 1. The first-order chi connectivity index (χ1) is 12.1. The number of imidazole rings is 1. The van der Waals surface area contributed by atoms with Crippen LogP contribution in [0.3, 0.4) is 0 Å². The van der Waals surface area contributed by atoms with Crippen LogP contribution in [0.4, 0.5) is 4.79 Å². The van der Waals surface area contributed by atoms with Crippen LogP contribution in [-0.4, -0.2) is 58.1 Å². The van der Waals surface area contributed by atoms with Crippen molar-refractivity contribution in [1.29, 1.82) is 0 Å². The molecule has 2 aromatic rings. The summed E-state index contributed by atoms with van der Waals surface area (Å²) >= 11 is 3.47. The first-order valence-corrected chi connectivity index (χ1v) is 9.67. The lowest BCUT2D eigenvalue weighted by Crippen LogP contribution is -2.46. The molecular formula is C19H25BrN4O. The first kappa shape index (κ1) is 18.1. The van der Waals surface area contributed by atoms with Crippen LogP contribution in [0.25, 0.3) is 11.3 Å². The predicted molar refractivity (Wildman–Crippen MR) is 104 cm³/mol. The van der Waals surface area contributed by atoms with Gasteiger partial charge in [-0.2, -0.15) is 0 Å². The Morgan fingerprint density at radius 2 is 2.12 bits per heavy atom. The number of benzene rings is 1. The van der Waals surface area contributed by atoms with E-state index in [2.05, 4.69) is 32.7 Å². The minimum absolute atomic E-state index is 0.0114. The Kier molecular flexibility index (Phi) is 5.91. The number of hydrogen-bond donors (Lipinski definition) is 0. The SMILES string of the molecule is CCCN1CCC(N(C)C(=O)n2cnc(-c3cccc(Br)c3)c2)CC1. The molecule has 0 unspecified atom stereocenters. The maximum Gasteiger partial charge on any atom is 0.329 e. The molecule has 1 fully saturated rings. The fourth-order valence-corrected chi connectivity index (χ4v) is 3.81. The highest BCUT2D eigenvalue weighted by Gasteiger charge is 2.26. The van der Waals surface area contributed by atoms with E-state index < -0.39 is 0 Å². The number of likely N-dealkylation sites (tertiary alicyclic amines) is 1. The smallest absolute Gasteiger partial charge is 0.324 e. The predicted octanol–water partition coefficient (Wildman–Crippen LogP) is 4.09. The monoisotopic (exact) mass is 404 g/mol. The molecule has 25 heavy (non-hydrogen) atoms. The van der Waals surface area contributed by atoms with Gasteiger partial charge in [-0.25, -0.2) is 9.78 Å². The van der Waals surface area contributed by atoms with Crippen LogP contribution in [0.2, 0.25) is 0 Å². The van der Waals surface area contributed by atoms with Gasteiger partial charge in [-0.3, -0.25) is 4.57 Å². The molecule has 0 radical (unpaired) electrons. The minimum atomic E-state index is -0.0114. The van der Waals surface area contributed by atoms with Gasteiger partial charge in [-0.05, 0) is 37.9 Å². The Bertz CT molecular complexity index is 722. The summed E-state index contributed by atoms with van der Waals surface area (Å²) in [6, 6.07) is 8.24. The first-order valence-electron chi connectivity index (χ1n) is 8.88. The Balaban J connectivity index is 1.65. The van der Waals surface area contributed by atoms with Crippen LogP contribution < -0.4 is 0 Å². The summed E-state index contributed by atoms with van der Waals surface area (Å²) in [6.07, 6.45) is 6.69. The van der Waals surface area contributed by atoms with Gasteiger partial charge in [0.05, 0.1) is 5.69 Å². The molecule has 2 heterocycles. The second-order valence-electron chi connectivity index (χ2n) is 6.64. The molecule has 0 N–H and O–H groups in total. The zero-order valence-corrected chi connectivity index (χ0v) is 16.4. The van der Waals surface area contributed by atoms with Crippen LogP contribution in [0.5, 0.6) is 0 Å². The molecule has 0 atom stereocenters. The van der Waals surface area contributed by atoms with E-state index >= 15 is 0 Å². The minimum Gasteiger partial charge on any atom is -0.324 e. The standard InChI is InChI=1S/C19H25BrN4O/c1-3-9-23-10-7-17(8-11-23)22(2)19(25)24-13-18(21-14-24)15-5-4-6-16(20)12-15/h4-6,12-14,17H,3,7-11H2,1-2H3. The molecule has 0 saturated carbocycles. The van der Waals surface area contributed by atoms with Gasteiger partial charge >= 0.3 is 6.03 Å². The van der Waals surface area contributed by atoms with Crippen LogP contribution in [-0.2, 0) is 0 Å². The lowest BCUT2D eigenvalue weighted by Gasteiger charge is -2.36. The zero-order chi connectivity index (χ0) is 17.8. The quantitative estimate of drug-likeness (QED) is 0.770. The third-order valence-corrected chi connectivity index (χ3v) is 5.36. The number of amides is 1. The van der Waals surface area contributed by atoms with Crippen molar-refractivity contribution in [3.8, 4) is 11.3 Å². The third-order valence-electron chi connectivity index (χ3n) is 4.87. The van der Waals surface area contributed by atoms with Crippen molar-refractivity contribution in [2.24, 2.45) is 0 Å². The molecular weight excluding hydrogens is 380 g/mol. The Morgan fingerprint density at radius 1 is 1.36 bits per heavy atom. The molecule has 3 rings (SSSR count). The normalized spacial score (nSPS) is 16.1. The Morgan fingerprint density at radius 3 is 2.80 bits per heavy atom. The molecule has 1 aliphatic heterocycles. The number of aromatic nitrogens is 2. The summed E-state index contributed by atoms with van der Waals surface area (Å²) in [5, 5.41) is 0. The maximum absolute atomic E-state index is 12.8. The van der Waals surface area contributed by atoms with Gasteiger partial charge in [-0.1, -0.05) is 35.0 Å². The highest BCUT2D eigenvalue weighted by Crippen LogP contribution is 2.22. The van der Waals surface area contributed by atoms with Crippen molar-refractivity contribution < 1.29 is 4.79 Å². The van der Waals surface area contributed by atoms with Crippen molar-refractivity contribution in [3.05, 3.63) is 41.3 Å². The summed E-state index contributed by atoms with van der Waals surface area (Å²) < 4.78 is 2.59. The molecule has 0 bridgehead atoms. The number of nitrogens with zero attached hydrogens (tertiary/aromatic N) is 4. The highest BCUT2D eigenvalue weighted by molar-refractivity contribution is 9.10. The Hall–Kier alpha value is -1.66. The van der Waals surface area contributed by atoms with Crippen molar-refractivity contribution >= 4 is 22.0 Å². The van der Waals surface area contributed by atoms with Crippen LogP contribution in [0.15, 0.2) is 41.3 Å². The van der Waals surface area contributed by atoms with Gasteiger partial charge in [0.15, 0.2) is 0 Å². The summed E-state index contributed by atoms with van der Waals surface area (Å²) in [5.41, 5.74) is 1.80. The lowest BCUT2D eigenvalue weighted by atomic mass is 10.0. The van der Waals surface area contributed by atoms with Crippen molar-refractivity contribution in [3.63, 3.8) is 0 Å². The van der Waals surface area contributed by atoms with Crippen LogP contribution in [0.1, 0.15) is 26.2 Å². The summed E-state index contributed by atoms with van der Waals surface area (Å²) in [6.45, 7) is 5.51. The van der Waals surface area contributed by atoms with E-state index in [1.54, 1.807) is 10.9 Å². The maximum atomic E-state index is 12.8. The average Bonchev–Trinajstić information content (AvgIpc) is 3.11. The molecule has 1 amide bonds. The topological polar surface area (TPSA) is 41.4 Å². The van der Waals surface area contributed by atoms with Gasteiger partial charge in [0.25, 0.3) is 0 Å². The molecule has 0 spiro atoms. The molecule has 1 aromatic carbocycles. The Labute approximate surface area is 157 Å². The molecule has 1 aliphatic rings. The molecule has 0 aliphatic carbocycles. The van der Waals surface area contributed by atoms with Gasteiger partial charge in [0.1, 0.15) is 6.33 Å². The average molecular weight is 405 g/mol. The van der Waals surface area contributed by atoms with Gasteiger partial charge in [-0.15, -0.1) is 0 Å². The second-order valence-corrected chi connectivity index (χ2v) is 7.56. The summed E-state index contributed by atoms with van der Waals surface area (Å²) in [5.74, 6) is 0. The van der Waals surface area contributed by atoms with E-state index in [1.165, 1.54) is 6.42 Å². The van der Waals surface area contributed by atoms with Gasteiger partial charge in [0.2, 0.25) is 0 Å². The van der Waals surface area contributed by atoms with Crippen LogP contribution >= 0.6 is 15.9 Å². The van der Waals surface area contributed by atoms with E-state index in [0.717, 1.165) is 48.2 Å². The fourth-order valence-electron chi connectivity index (χ4n) is 3.41. The van der Waals surface area contributed by atoms with Crippen molar-refractivity contribution in [1.82, 2.24) is 19.4 Å². The summed E-state index contributed by atoms with van der Waals surface area (Å²) in [7, 11) is 1.90. The van der Waals surface area contributed by atoms with Crippen molar-refractivity contribution in [2.45, 2.75) is 32.2 Å². The number of halogens is 1. The van der Waals surface area contributed by atoms with Gasteiger partial charge < -0.3 is 9.80 Å². The number of hydrogen-bond acceptors (Lipinski definition) is 3. The van der Waals surface area contributed by atoms with E-state index in [0.29, 0.717) is 6.04 Å². The number of rotatable bonds is 4. The van der Waals surface area contributed by atoms with E-state index in [9.17, 15) is 4.79 Å². The van der Waals surface area contributed by atoms with E-state index in [4.69, 9.17) is 0 Å². The van der Waals surface area contributed by atoms with E-state index in [-0.39, 0.29) is 6.03 Å². The largest absolute Gasteiger partial charge is 0.329 e. The third kappa shape index (κ3) is 4.30. The number of carbonyl (C=O) groups excluding carboxylic acids is 1. The lowest BCUT2D eigenvalue weighted by molar-refractivity contribution is 0.135. The highest BCUT2D eigenvalue weighted by atomic mass is 79.9. The molecule has 1 aromatic heterocycles. The molecule has 1 saturated heterocycles. The van der Waals surface area contributed by atoms with Gasteiger partial charge in [0, 0.05) is 42.4 Å². The summed E-state index contributed by atoms with van der Waals surface area (Å²) in [4.78, 5) is 21.5. The zero-order valence-electron chi connectivity index (χ0n) is 14.9. The fraction of sp³-hybridized carbons (Fsp3) is 0.474.